The van der Waals surface area contributed by atoms with Crippen LogP contribution in [-0.4, -0.2) is 34.8 Å². The number of likely N-dealkylation sites (N-methyl/N-ethyl adjacent to an activating group) is 1. The van der Waals surface area contributed by atoms with Crippen molar-refractivity contribution in [2.45, 2.75) is 43.7 Å². The fourth-order valence-electron chi connectivity index (χ4n) is 5.05. The van der Waals surface area contributed by atoms with Crippen LogP contribution in [0.4, 0.5) is 0 Å². The number of fused-ring (bicyclic) bond motifs is 2. The molecule has 1 aliphatic heterocycles. The van der Waals surface area contributed by atoms with Gasteiger partial charge < -0.3 is 15.2 Å². The van der Waals surface area contributed by atoms with Gasteiger partial charge in [0.2, 0.25) is 5.91 Å². The summed E-state index contributed by atoms with van der Waals surface area (Å²) in [4.78, 5) is 31.7. The number of nitrogens with one attached hydrogen (secondary N) is 2. The standard InChI is InChI=1S/C24H25N3O2/c1-27-22(19-14-25-20-13-7-6-10-16(19)20)21(23(28)26-15-8-2-3-9-15)17-11-4-5-12-18(17)24(27)29/h4-7,10-15,21-22,25H,2-3,8-9H2,1H3,(H,26,28). The molecule has 0 bridgehead atoms. The first-order valence-corrected chi connectivity index (χ1v) is 10.4. The van der Waals surface area contributed by atoms with Crippen molar-refractivity contribution < 1.29 is 9.59 Å². The lowest BCUT2D eigenvalue weighted by Gasteiger charge is -2.39. The summed E-state index contributed by atoms with van der Waals surface area (Å²) in [6.45, 7) is 0. The van der Waals surface area contributed by atoms with E-state index in [1.165, 1.54) is 0 Å². The van der Waals surface area contributed by atoms with Gasteiger partial charge in [-0.05, 0) is 30.5 Å². The van der Waals surface area contributed by atoms with Crippen molar-refractivity contribution in [1.82, 2.24) is 15.2 Å². The van der Waals surface area contributed by atoms with Crippen LogP contribution in [0.1, 0.15) is 59.1 Å². The van der Waals surface area contributed by atoms with Crippen LogP contribution in [0.5, 0.6) is 0 Å². The second-order valence-corrected chi connectivity index (χ2v) is 8.21. The van der Waals surface area contributed by atoms with Crippen LogP contribution < -0.4 is 5.32 Å². The molecule has 1 aromatic heterocycles. The molecular formula is C24H25N3O2. The van der Waals surface area contributed by atoms with E-state index in [0.29, 0.717) is 5.56 Å². The Morgan fingerprint density at radius 1 is 1.03 bits per heavy atom. The number of H-pyrrole nitrogens is 1. The lowest BCUT2D eigenvalue weighted by molar-refractivity contribution is -0.124. The molecule has 2 atom stereocenters. The van der Waals surface area contributed by atoms with Crippen LogP contribution in [0.2, 0.25) is 0 Å². The van der Waals surface area contributed by atoms with Crippen molar-refractivity contribution in [1.29, 1.82) is 0 Å². The molecule has 1 fully saturated rings. The van der Waals surface area contributed by atoms with E-state index in [1.54, 1.807) is 11.9 Å². The third-order valence-electron chi connectivity index (χ3n) is 6.50. The van der Waals surface area contributed by atoms with E-state index in [0.717, 1.165) is 47.7 Å². The summed E-state index contributed by atoms with van der Waals surface area (Å²) in [7, 11) is 1.81. The first-order valence-electron chi connectivity index (χ1n) is 10.4. The van der Waals surface area contributed by atoms with Gasteiger partial charge in [0.1, 0.15) is 0 Å². The monoisotopic (exact) mass is 387 g/mol. The topological polar surface area (TPSA) is 65.2 Å². The number of nitrogens with zero attached hydrogens (tertiary/aromatic N) is 1. The third-order valence-corrected chi connectivity index (χ3v) is 6.50. The Hall–Kier alpha value is -3.08. The summed E-state index contributed by atoms with van der Waals surface area (Å²) in [6.07, 6.45) is 6.34. The van der Waals surface area contributed by atoms with Crippen LogP contribution >= 0.6 is 0 Å². The van der Waals surface area contributed by atoms with Crippen molar-refractivity contribution >= 4 is 22.7 Å². The molecule has 5 nitrogen and oxygen atoms in total. The van der Waals surface area contributed by atoms with Gasteiger partial charge in [-0.2, -0.15) is 0 Å². The number of rotatable bonds is 3. The maximum absolute atomic E-state index is 13.6. The first kappa shape index (κ1) is 18.0. The van der Waals surface area contributed by atoms with Gasteiger partial charge in [-0.25, -0.2) is 0 Å². The van der Waals surface area contributed by atoms with Crippen LogP contribution in [0.15, 0.2) is 54.7 Å². The van der Waals surface area contributed by atoms with E-state index >= 15 is 0 Å². The van der Waals surface area contributed by atoms with Crippen molar-refractivity contribution in [3.8, 4) is 0 Å². The highest BCUT2D eigenvalue weighted by molar-refractivity contribution is 6.02. The molecule has 2 unspecified atom stereocenters. The molecule has 2 aromatic carbocycles. The second-order valence-electron chi connectivity index (χ2n) is 8.21. The highest BCUT2D eigenvalue weighted by Crippen LogP contribution is 2.44. The summed E-state index contributed by atoms with van der Waals surface area (Å²) in [6, 6.07) is 15.5. The van der Waals surface area contributed by atoms with E-state index in [-0.39, 0.29) is 23.9 Å². The van der Waals surface area contributed by atoms with E-state index < -0.39 is 5.92 Å². The third kappa shape index (κ3) is 2.92. The molecule has 0 spiro atoms. The number of para-hydroxylation sites is 1. The molecule has 29 heavy (non-hydrogen) atoms. The minimum Gasteiger partial charge on any atom is -0.361 e. The van der Waals surface area contributed by atoms with Gasteiger partial charge in [-0.3, -0.25) is 9.59 Å². The Balaban J connectivity index is 1.64. The molecule has 5 heteroatoms. The molecule has 0 radical (unpaired) electrons. The van der Waals surface area contributed by atoms with Gasteiger partial charge in [0.25, 0.3) is 5.91 Å². The number of aromatic nitrogens is 1. The molecule has 1 saturated carbocycles. The fourth-order valence-corrected chi connectivity index (χ4v) is 5.05. The zero-order chi connectivity index (χ0) is 20.0. The number of benzene rings is 2. The molecule has 1 aliphatic carbocycles. The average Bonchev–Trinajstić information content (AvgIpc) is 3.40. The molecule has 148 valence electrons. The van der Waals surface area contributed by atoms with Crippen molar-refractivity contribution in [3.05, 3.63) is 71.4 Å². The summed E-state index contributed by atoms with van der Waals surface area (Å²) in [5.74, 6) is -0.464. The number of aromatic amines is 1. The van der Waals surface area contributed by atoms with E-state index in [9.17, 15) is 9.59 Å². The SMILES string of the molecule is CN1C(=O)c2ccccc2C(C(=O)NC2CCCC2)C1c1c[nH]c2ccccc12. The maximum Gasteiger partial charge on any atom is 0.254 e. The number of carbonyl (C=O) groups excluding carboxylic acids is 2. The van der Waals surface area contributed by atoms with Crippen LogP contribution in [0.3, 0.4) is 0 Å². The van der Waals surface area contributed by atoms with Gasteiger partial charge >= 0.3 is 0 Å². The zero-order valence-corrected chi connectivity index (χ0v) is 16.5. The molecule has 3 aromatic rings. The predicted molar refractivity (Wildman–Crippen MR) is 113 cm³/mol. The Kier molecular flexibility index (Phi) is 4.38. The predicted octanol–water partition coefficient (Wildman–Crippen LogP) is 4.14. The molecule has 2 amide bonds. The van der Waals surface area contributed by atoms with Gasteiger partial charge in [-0.15, -0.1) is 0 Å². The minimum absolute atomic E-state index is 0.0129. The Morgan fingerprint density at radius 2 is 1.76 bits per heavy atom. The van der Waals surface area contributed by atoms with Crippen LogP contribution in [0.25, 0.3) is 10.9 Å². The van der Waals surface area contributed by atoms with Crippen molar-refractivity contribution in [3.63, 3.8) is 0 Å². The molecule has 2 N–H and O–H groups in total. The number of hydrogen-bond donors (Lipinski definition) is 2. The first-order chi connectivity index (χ1) is 14.1. The minimum atomic E-state index is -0.436. The van der Waals surface area contributed by atoms with E-state index in [4.69, 9.17) is 0 Å². The lowest BCUT2D eigenvalue weighted by atomic mass is 9.79. The van der Waals surface area contributed by atoms with Crippen LogP contribution in [-0.2, 0) is 4.79 Å². The quantitative estimate of drug-likeness (QED) is 0.709. The summed E-state index contributed by atoms with van der Waals surface area (Å²) in [5.41, 5.74) is 3.44. The Labute approximate surface area is 170 Å². The maximum atomic E-state index is 13.6. The van der Waals surface area contributed by atoms with E-state index in [1.807, 2.05) is 54.7 Å². The smallest absolute Gasteiger partial charge is 0.254 e. The van der Waals surface area contributed by atoms with Gasteiger partial charge in [0.15, 0.2) is 0 Å². The molecule has 2 aliphatic rings. The second kappa shape index (κ2) is 7.07. The van der Waals surface area contributed by atoms with Crippen LogP contribution in [0, 0.1) is 0 Å². The lowest BCUT2D eigenvalue weighted by Crippen LogP contribution is -2.47. The highest BCUT2D eigenvalue weighted by Gasteiger charge is 2.43. The van der Waals surface area contributed by atoms with E-state index in [2.05, 4.69) is 10.3 Å². The molecule has 5 rings (SSSR count). The zero-order valence-electron chi connectivity index (χ0n) is 16.5. The van der Waals surface area contributed by atoms with Crippen molar-refractivity contribution in [2.24, 2.45) is 0 Å². The van der Waals surface area contributed by atoms with Crippen molar-refractivity contribution in [2.75, 3.05) is 7.05 Å². The molecule has 2 heterocycles. The summed E-state index contributed by atoms with van der Waals surface area (Å²) in [5, 5.41) is 4.33. The summed E-state index contributed by atoms with van der Waals surface area (Å²) >= 11 is 0. The average molecular weight is 387 g/mol. The highest BCUT2D eigenvalue weighted by atomic mass is 16.2. The van der Waals surface area contributed by atoms with Gasteiger partial charge in [0, 0.05) is 41.3 Å². The Morgan fingerprint density at radius 3 is 2.59 bits per heavy atom. The van der Waals surface area contributed by atoms with Gasteiger partial charge in [-0.1, -0.05) is 49.2 Å². The Bertz CT molecular complexity index is 1080. The van der Waals surface area contributed by atoms with Gasteiger partial charge in [0.05, 0.1) is 12.0 Å². The largest absolute Gasteiger partial charge is 0.361 e. The number of hydrogen-bond acceptors (Lipinski definition) is 2. The normalized spacial score (nSPS) is 22.1. The number of carbonyl (C=O) groups is 2. The molecular weight excluding hydrogens is 362 g/mol. The molecule has 0 saturated heterocycles. The number of amides is 2. The fraction of sp³-hybridized carbons (Fsp3) is 0.333. The summed E-state index contributed by atoms with van der Waals surface area (Å²) < 4.78 is 0.